The van der Waals surface area contributed by atoms with Crippen LogP contribution >= 0.6 is 0 Å². The molecule has 1 aromatic heterocycles. The summed E-state index contributed by atoms with van der Waals surface area (Å²) in [5.41, 5.74) is 11.7. The quantitative estimate of drug-likeness (QED) is 0.736. The Balaban J connectivity index is 2.06. The summed E-state index contributed by atoms with van der Waals surface area (Å²) in [5.74, 6) is 2.58. The number of aromatic nitrogens is 2. The molecule has 1 fully saturated rings. The lowest BCUT2D eigenvalue weighted by atomic mass is 10.1. The Labute approximate surface area is 114 Å². The molecule has 1 aliphatic rings. The highest BCUT2D eigenvalue weighted by Gasteiger charge is 2.21. The van der Waals surface area contributed by atoms with Gasteiger partial charge in [0, 0.05) is 31.7 Å². The minimum absolute atomic E-state index is 0.229. The molecule has 0 aromatic carbocycles. The first-order chi connectivity index (χ1) is 9.08. The van der Waals surface area contributed by atoms with Crippen molar-refractivity contribution < 1.29 is 0 Å². The van der Waals surface area contributed by atoms with Crippen molar-refractivity contribution in [2.75, 3.05) is 35.6 Å². The monoisotopic (exact) mass is 264 g/mol. The zero-order valence-electron chi connectivity index (χ0n) is 11.8. The van der Waals surface area contributed by atoms with Crippen LogP contribution in [0.2, 0.25) is 0 Å². The lowest BCUT2D eigenvalue weighted by molar-refractivity contribution is 0.592. The van der Waals surface area contributed by atoms with Crippen LogP contribution in [-0.2, 0) is 0 Å². The van der Waals surface area contributed by atoms with E-state index in [1.54, 1.807) is 0 Å². The third kappa shape index (κ3) is 3.70. The van der Waals surface area contributed by atoms with E-state index in [0.29, 0.717) is 11.9 Å². The van der Waals surface area contributed by atoms with Crippen molar-refractivity contribution in [2.45, 2.75) is 32.7 Å². The molecule has 0 spiro atoms. The molecule has 2 heterocycles. The van der Waals surface area contributed by atoms with E-state index in [2.05, 4.69) is 34.0 Å². The van der Waals surface area contributed by atoms with E-state index in [-0.39, 0.29) is 6.04 Å². The lowest BCUT2D eigenvalue weighted by Gasteiger charge is -2.18. The highest BCUT2D eigenvalue weighted by atomic mass is 15.2. The van der Waals surface area contributed by atoms with E-state index >= 15 is 0 Å². The van der Waals surface area contributed by atoms with Crippen LogP contribution in [0.5, 0.6) is 0 Å². The summed E-state index contributed by atoms with van der Waals surface area (Å²) in [6.07, 6.45) is 2.14. The van der Waals surface area contributed by atoms with Gasteiger partial charge in [0.25, 0.3) is 0 Å². The third-order valence-electron chi connectivity index (χ3n) is 3.61. The van der Waals surface area contributed by atoms with Gasteiger partial charge in [0.05, 0.1) is 0 Å². The Morgan fingerprint density at radius 2 is 2.32 bits per heavy atom. The van der Waals surface area contributed by atoms with E-state index < -0.39 is 0 Å². The maximum atomic E-state index is 5.92. The second-order valence-electron chi connectivity index (χ2n) is 5.36. The van der Waals surface area contributed by atoms with Gasteiger partial charge < -0.3 is 21.7 Å². The molecule has 1 unspecified atom stereocenters. The highest BCUT2D eigenvalue weighted by Crippen LogP contribution is 2.21. The zero-order chi connectivity index (χ0) is 13.8. The summed E-state index contributed by atoms with van der Waals surface area (Å²) in [6, 6.07) is 2.18. The minimum Gasteiger partial charge on any atom is -0.370 e. The number of hydrogen-bond donors (Lipinski definition) is 3. The van der Waals surface area contributed by atoms with Gasteiger partial charge in [-0.05, 0) is 12.3 Å². The van der Waals surface area contributed by atoms with E-state index in [4.69, 9.17) is 11.5 Å². The summed E-state index contributed by atoms with van der Waals surface area (Å²) in [6.45, 7) is 7.05. The van der Waals surface area contributed by atoms with E-state index in [1.165, 1.54) is 0 Å². The fourth-order valence-electron chi connectivity index (χ4n) is 2.12. The van der Waals surface area contributed by atoms with Crippen molar-refractivity contribution in [3.8, 4) is 0 Å². The molecular formula is C13H24N6. The van der Waals surface area contributed by atoms with Gasteiger partial charge in [0.15, 0.2) is 0 Å². The summed E-state index contributed by atoms with van der Waals surface area (Å²) in [7, 11) is 0. The average molecular weight is 264 g/mol. The first kappa shape index (κ1) is 13.9. The molecule has 2 rings (SSSR count). The van der Waals surface area contributed by atoms with Crippen LogP contribution < -0.4 is 21.7 Å². The molecule has 0 radical (unpaired) electrons. The average Bonchev–Trinajstić information content (AvgIpc) is 2.82. The zero-order valence-corrected chi connectivity index (χ0v) is 11.8. The van der Waals surface area contributed by atoms with Crippen molar-refractivity contribution >= 4 is 17.6 Å². The first-order valence-electron chi connectivity index (χ1n) is 6.97. The van der Waals surface area contributed by atoms with Crippen LogP contribution in [0.4, 0.5) is 17.6 Å². The Morgan fingerprint density at radius 1 is 1.53 bits per heavy atom. The number of anilines is 3. The summed E-state index contributed by atoms with van der Waals surface area (Å²) in [5, 5.41) is 3.32. The molecule has 6 nitrogen and oxygen atoms in total. The topological polar surface area (TPSA) is 93.1 Å². The number of nitrogens with one attached hydrogen (secondary N) is 1. The Morgan fingerprint density at radius 3 is 2.95 bits per heavy atom. The van der Waals surface area contributed by atoms with Crippen molar-refractivity contribution in [1.82, 2.24) is 9.97 Å². The van der Waals surface area contributed by atoms with Gasteiger partial charge in [0.1, 0.15) is 11.6 Å². The predicted octanol–water partition coefficient (Wildman–Crippen LogP) is 1.05. The van der Waals surface area contributed by atoms with Gasteiger partial charge in [-0.1, -0.05) is 20.3 Å². The van der Waals surface area contributed by atoms with Gasteiger partial charge in [-0.2, -0.15) is 9.97 Å². The molecule has 1 aromatic rings. The SMILES string of the molecule is CCC(C)CNc1cc(N2CC[C@@H](N)C2)nc(N)n1. The molecule has 1 saturated heterocycles. The number of rotatable bonds is 5. The normalized spacial score (nSPS) is 20.6. The van der Waals surface area contributed by atoms with Crippen molar-refractivity contribution in [1.29, 1.82) is 0 Å². The number of nitrogens with two attached hydrogens (primary N) is 2. The molecule has 0 saturated carbocycles. The van der Waals surface area contributed by atoms with Gasteiger partial charge in [-0.25, -0.2) is 0 Å². The lowest BCUT2D eigenvalue weighted by Crippen LogP contribution is -2.27. The van der Waals surface area contributed by atoms with Crippen molar-refractivity contribution in [3.63, 3.8) is 0 Å². The number of hydrogen-bond acceptors (Lipinski definition) is 6. The fourth-order valence-corrected chi connectivity index (χ4v) is 2.12. The van der Waals surface area contributed by atoms with E-state index in [9.17, 15) is 0 Å². The Kier molecular flexibility index (Phi) is 4.42. The Hall–Kier alpha value is -1.56. The van der Waals surface area contributed by atoms with Crippen LogP contribution in [-0.4, -0.2) is 35.6 Å². The molecule has 0 bridgehead atoms. The molecule has 6 heteroatoms. The number of nitrogens with zero attached hydrogens (tertiary/aromatic N) is 3. The third-order valence-corrected chi connectivity index (χ3v) is 3.61. The van der Waals surface area contributed by atoms with Crippen LogP contribution in [0.15, 0.2) is 6.07 Å². The van der Waals surface area contributed by atoms with E-state index in [1.807, 2.05) is 6.07 Å². The molecule has 5 N–H and O–H groups in total. The maximum Gasteiger partial charge on any atom is 0.223 e. The summed E-state index contributed by atoms with van der Waals surface area (Å²) in [4.78, 5) is 10.7. The van der Waals surface area contributed by atoms with Gasteiger partial charge in [-0.15, -0.1) is 0 Å². The second kappa shape index (κ2) is 6.06. The van der Waals surface area contributed by atoms with Crippen LogP contribution in [0, 0.1) is 5.92 Å². The standard InChI is InChI=1S/C13H24N6/c1-3-9(2)7-16-11-6-12(18-13(15)17-11)19-5-4-10(14)8-19/h6,9-10H,3-5,7-8,14H2,1-2H3,(H3,15,16,17,18)/t9?,10-/m1/s1. The molecule has 1 aliphatic heterocycles. The molecule has 0 amide bonds. The van der Waals surface area contributed by atoms with Gasteiger partial charge >= 0.3 is 0 Å². The highest BCUT2D eigenvalue weighted by molar-refractivity contribution is 5.53. The molecule has 106 valence electrons. The Bertz CT molecular complexity index is 422. The summed E-state index contributed by atoms with van der Waals surface area (Å²) < 4.78 is 0. The first-order valence-corrected chi connectivity index (χ1v) is 6.97. The maximum absolute atomic E-state index is 5.92. The van der Waals surface area contributed by atoms with E-state index in [0.717, 1.165) is 44.1 Å². The van der Waals surface area contributed by atoms with Gasteiger partial charge in [-0.3, -0.25) is 0 Å². The second-order valence-corrected chi connectivity index (χ2v) is 5.36. The molecule has 0 aliphatic carbocycles. The van der Waals surface area contributed by atoms with Crippen molar-refractivity contribution in [3.05, 3.63) is 6.07 Å². The van der Waals surface area contributed by atoms with Crippen molar-refractivity contribution in [2.24, 2.45) is 11.7 Å². The van der Waals surface area contributed by atoms with Gasteiger partial charge in [0.2, 0.25) is 5.95 Å². The fraction of sp³-hybridized carbons (Fsp3) is 0.692. The molecular weight excluding hydrogens is 240 g/mol. The molecule has 19 heavy (non-hydrogen) atoms. The van der Waals surface area contributed by atoms with Crippen LogP contribution in [0.1, 0.15) is 26.7 Å². The predicted molar refractivity (Wildman–Crippen MR) is 79.2 cm³/mol. The van der Waals surface area contributed by atoms with Crippen LogP contribution in [0.3, 0.4) is 0 Å². The smallest absolute Gasteiger partial charge is 0.223 e. The number of nitrogen functional groups attached to an aromatic ring is 1. The minimum atomic E-state index is 0.229. The molecule has 2 atom stereocenters. The summed E-state index contributed by atoms with van der Waals surface area (Å²) >= 11 is 0. The largest absolute Gasteiger partial charge is 0.370 e. The van der Waals surface area contributed by atoms with Crippen LogP contribution in [0.25, 0.3) is 0 Å².